The quantitative estimate of drug-likeness (QED) is 0.431. The second kappa shape index (κ2) is 11.0. The van der Waals surface area contributed by atoms with Crippen LogP contribution in [0.3, 0.4) is 0 Å². The smallest absolute Gasteiger partial charge is 0.250 e. The number of aliphatic hydroxyl groups is 1. The Morgan fingerprint density at radius 3 is 2.41 bits per heavy atom. The number of hydrogen-bond donors (Lipinski definition) is 3. The van der Waals surface area contributed by atoms with E-state index in [1.807, 2.05) is 54.6 Å². The number of amides is 3. The van der Waals surface area contributed by atoms with Crippen LogP contribution >= 0.6 is 0 Å². The van der Waals surface area contributed by atoms with Gasteiger partial charge in [-0.3, -0.25) is 14.4 Å². The summed E-state index contributed by atoms with van der Waals surface area (Å²) in [6, 6.07) is 15.6. The Morgan fingerprint density at radius 2 is 1.79 bits per heavy atom. The predicted octanol–water partition coefficient (Wildman–Crippen LogP) is 2.20. The molecule has 3 heterocycles. The van der Waals surface area contributed by atoms with Crippen LogP contribution in [0.5, 0.6) is 0 Å². The lowest BCUT2D eigenvalue weighted by atomic mass is 9.70. The van der Waals surface area contributed by atoms with Crippen LogP contribution in [-0.4, -0.2) is 78.3 Å². The van der Waals surface area contributed by atoms with E-state index >= 15 is 0 Å². The van der Waals surface area contributed by atoms with Gasteiger partial charge in [-0.1, -0.05) is 30.3 Å². The summed E-state index contributed by atoms with van der Waals surface area (Å²) in [5.41, 5.74) is 1.50. The fourth-order valence-corrected chi connectivity index (χ4v) is 6.94. The highest BCUT2D eigenvalue weighted by Crippen LogP contribution is 2.58. The Hall–Kier alpha value is -3.43. The van der Waals surface area contributed by atoms with Gasteiger partial charge in [0.05, 0.1) is 30.6 Å². The zero-order valence-electron chi connectivity index (χ0n) is 22.8. The third kappa shape index (κ3) is 4.57. The molecule has 208 valence electrons. The van der Waals surface area contributed by atoms with Crippen LogP contribution in [0.15, 0.2) is 54.6 Å². The molecular weight excluding hydrogens is 496 g/mol. The number of rotatable bonds is 10. The first-order valence-electron chi connectivity index (χ1n) is 13.9. The lowest BCUT2D eigenvalue weighted by molar-refractivity contribution is -0.143. The molecule has 3 aliphatic rings. The van der Waals surface area contributed by atoms with Crippen LogP contribution in [0.25, 0.3) is 0 Å². The molecule has 6 atom stereocenters. The van der Waals surface area contributed by atoms with Crippen molar-refractivity contribution in [2.75, 3.05) is 37.0 Å². The maximum Gasteiger partial charge on any atom is 0.250 e. The zero-order chi connectivity index (χ0) is 27.7. The molecule has 3 fully saturated rings. The zero-order valence-corrected chi connectivity index (χ0v) is 22.8. The van der Waals surface area contributed by atoms with E-state index in [1.54, 1.807) is 7.05 Å². The highest BCUT2D eigenvalue weighted by Gasteiger charge is 2.75. The van der Waals surface area contributed by atoms with Crippen LogP contribution in [-0.2, 0) is 25.5 Å². The number of benzene rings is 2. The molecule has 0 radical (unpaired) electrons. The lowest BCUT2D eigenvalue weighted by Gasteiger charge is -2.36. The number of hydrogen-bond acceptors (Lipinski definition) is 6. The Bertz CT molecular complexity index is 1200. The van der Waals surface area contributed by atoms with Crippen molar-refractivity contribution >= 4 is 29.1 Å². The number of nitrogens with zero attached hydrogens (tertiary/aromatic N) is 2. The van der Waals surface area contributed by atoms with Crippen molar-refractivity contribution < 1.29 is 24.2 Å². The minimum atomic E-state index is -1.12. The van der Waals surface area contributed by atoms with Gasteiger partial charge in [0.1, 0.15) is 11.6 Å². The first kappa shape index (κ1) is 27.1. The first-order chi connectivity index (χ1) is 18.9. The number of fused-ring (bicyclic) bond motifs is 1. The van der Waals surface area contributed by atoms with E-state index in [4.69, 9.17) is 4.74 Å². The summed E-state index contributed by atoms with van der Waals surface area (Å²) in [6.45, 7) is 5.62. The van der Waals surface area contributed by atoms with Crippen LogP contribution in [0.1, 0.15) is 32.3 Å². The average Bonchev–Trinajstić information content (AvgIpc) is 3.60. The summed E-state index contributed by atoms with van der Waals surface area (Å²) in [4.78, 5) is 44.8. The highest BCUT2D eigenvalue weighted by molar-refractivity contribution is 6.03. The van der Waals surface area contributed by atoms with Gasteiger partial charge in [0.15, 0.2) is 0 Å². The maximum absolute atomic E-state index is 14.1. The fraction of sp³-hybridized carbons (Fsp3) is 0.500. The van der Waals surface area contributed by atoms with E-state index in [9.17, 15) is 19.5 Å². The van der Waals surface area contributed by atoms with Gasteiger partial charge in [0.2, 0.25) is 17.7 Å². The molecular formula is C30H38N4O5. The van der Waals surface area contributed by atoms with Gasteiger partial charge in [0, 0.05) is 31.5 Å². The molecule has 1 spiro atoms. The highest BCUT2D eigenvalue weighted by atomic mass is 16.5. The number of anilines is 2. The third-order valence-electron chi connectivity index (χ3n) is 8.72. The molecule has 2 unspecified atom stereocenters. The van der Waals surface area contributed by atoms with Crippen molar-refractivity contribution in [3.8, 4) is 0 Å². The summed E-state index contributed by atoms with van der Waals surface area (Å²) >= 11 is 0. The van der Waals surface area contributed by atoms with Gasteiger partial charge >= 0.3 is 0 Å². The molecule has 5 rings (SSSR count). The van der Waals surface area contributed by atoms with E-state index < -0.39 is 35.6 Å². The maximum atomic E-state index is 14.1. The Kier molecular flexibility index (Phi) is 7.64. The summed E-state index contributed by atoms with van der Waals surface area (Å²) in [6.07, 6.45) is 1.06. The number of aliphatic hydroxyl groups excluding tert-OH is 1. The number of ether oxygens (including phenoxy) is 1. The van der Waals surface area contributed by atoms with Crippen LogP contribution in [0.2, 0.25) is 0 Å². The van der Waals surface area contributed by atoms with Crippen molar-refractivity contribution in [3.63, 3.8) is 0 Å². The van der Waals surface area contributed by atoms with E-state index in [1.165, 1.54) is 4.90 Å². The monoisotopic (exact) mass is 534 g/mol. The summed E-state index contributed by atoms with van der Waals surface area (Å²) < 4.78 is 6.44. The summed E-state index contributed by atoms with van der Waals surface area (Å²) in [5.74, 6) is -2.37. The Labute approximate surface area is 229 Å². The van der Waals surface area contributed by atoms with E-state index in [-0.39, 0.29) is 24.3 Å². The fourth-order valence-electron chi connectivity index (χ4n) is 6.94. The molecule has 3 N–H and O–H groups in total. The number of likely N-dealkylation sites (tertiary alicyclic amines) is 1. The minimum Gasteiger partial charge on any atom is -0.394 e. The molecule has 0 aliphatic carbocycles. The second-order valence-corrected chi connectivity index (χ2v) is 10.7. The average molecular weight is 535 g/mol. The number of carbonyl (C=O) groups excluding carboxylic acids is 3. The molecule has 3 amide bonds. The normalized spacial score (nSPS) is 27.8. The molecule has 3 saturated heterocycles. The van der Waals surface area contributed by atoms with Crippen LogP contribution in [0.4, 0.5) is 11.4 Å². The molecule has 2 aromatic rings. The largest absolute Gasteiger partial charge is 0.394 e. The van der Waals surface area contributed by atoms with Crippen LogP contribution < -0.4 is 15.5 Å². The molecule has 9 heteroatoms. The number of nitrogens with one attached hydrogen (secondary N) is 2. The molecule has 9 nitrogen and oxygen atoms in total. The molecule has 3 aliphatic heterocycles. The topological polar surface area (TPSA) is 111 Å². The van der Waals surface area contributed by atoms with Crippen molar-refractivity contribution in [2.45, 2.75) is 56.9 Å². The van der Waals surface area contributed by atoms with Gasteiger partial charge in [-0.15, -0.1) is 0 Å². The minimum absolute atomic E-state index is 0.253. The molecule has 2 bridgehead atoms. The molecule has 0 aromatic heterocycles. The summed E-state index contributed by atoms with van der Waals surface area (Å²) in [7, 11) is 1.55. The van der Waals surface area contributed by atoms with E-state index in [2.05, 4.69) is 29.4 Å². The standard InChI is InChI=1S/C30H38N4O5/c1-4-33(5-2)21-13-11-20(12-14-21)32-28(37)26-30-16-15-23(39-30)24(27(36)31-3)25(30)29(38)34(26)22(18-35)17-19-9-7-6-8-10-19/h6-14,22-26,35H,4-5,15-18H2,1-3H3,(H,31,36)(H,32,37)/t22-,23+,24-,25+,26?,30?/m1/s1. The van der Waals surface area contributed by atoms with Crippen molar-refractivity contribution in [1.82, 2.24) is 10.2 Å². The Morgan fingerprint density at radius 1 is 1.10 bits per heavy atom. The third-order valence-corrected chi connectivity index (χ3v) is 8.72. The predicted molar refractivity (Wildman–Crippen MR) is 148 cm³/mol. The Balaban J connectivity index is 1.49. The summed E-state index contributed by atoms with van der Waals surface area (Å²) in [5, 5.41) is 16.2. The van der Waals surface area contributed by atoms with Crippen molar-refractivity contribution in [1.29, 1.82) is 0 Å². The van der Waals surface area contributed by atoms with Gasteiger partial charge in [-0.05, 0) is 62.9 Å². The lowest BCUT2D eigenvalue weighted by Crippen LogP contribution is -2.56. The van der Waals surface area contributed by atoms with Gasteiger partial charge in [0.25, 0.3) is 0 Å². The van der Waals surface area contributed by atoms with Crippen molar-refractivity contribution in [3.05, 3.63) is 60.2 Å². The first-order valence-corrected chi connectivity index (χ1v) is 13.9. The van der Waals surface area contributed by atoms with Crippen LogP contribution in [0, 0.1) is 11.8 Å². The van der Waals surface area contributed by atoms with Gasteiger partial charge in [-0.25, -0.2) is 0 Å². The molecule has 2 aromatic carbocycles. The SMILES string of the molecule is CCN(CC)c1ccc(NC(=O)C2N([C@@H](CO)Cc3ccccc3)C(=O)[C@@H]3[C@H](C(=O)NC)[C@@H]4CCC23O4)cc1. The van der Waals surface area contributed by atoms with E-state index in [0.29, 0.717) is 24.9 Å². The number of carbonyl (C=O) groups is 3. The second-order valence-electron chi connectivity index (χ2n) is 10.7. The van der Waals surface area contributed by atoms with Gasteiger partial charge in [-0.2, -0.15) is 0 Å². The molecule has 39 heavy (non-hydrogen) atoms. The molecule has 0 saturated carbocycles. The van der Waals surface area contributed by atoms with E-state index in [0.717, 1.165) is 24.3 Å². The van der Waals surface area contributed by atoms with Gasteiger partial charge < -0.3 is 30.3 Å². The van der Waals surface area contributed by atoms with Crippen molar-refractivity contribution in [2.24, 2.45) is 11.8 Å².